The molecule has 0 aliphatic rings. The van der Waals surface area contributed by atoms with Crippen molar-refractivity contribution in [3.63, 3.8) is 0 Å². The van der Waals surface area contributed by atoms with Crippen molar-refractivity contribution in [3.05, 3.63) is 29.6 Å². The second-order valence-electron chi connectivity index (χ2n) is 5.08. The van der Waals surface area contributed by atoms with Crippen LogP contribution in [0.3, 0.4) is 0 Å². The molecule has 0 spiro atoms. The normalized spacial score (nSPS) is 14.1. The smallest absolute Gasteiger partial charge is 0.251 e. The van der Waals surface area contributed by atoms with Crippen LogP contribution in [0.25, 0.3) is 0 Å². The molecule has 1 unspecified atom stereocenters. The summed E-state index contributed by atoms with van der Waals surface area (Å²) >= 11 is 0. The molecule has 0 saturated heterocycles. The van der Waals surface area contributed by atoms with E-state index in [9.17, 15) is 9.18 Å². The lowest BCUT2D eigenvalue weighted by atomic mass is 9.88. The molecule has 19 heavy (non-hydrogen) atoms. The van der Waals surface area contributed by atoms with Crippen LogP contribution >= 0.6 is 0 Å². The highest BCUT2D eigenvalue weighted by Crippen LogP contribution is 2.19. The van der Waals surface area contributed by atoms with Crippen LogP contribution in [-0.4, -0.2) is 25.1 Å². The zero-order valence-electron chi connectivity index (χ0n) is 11.8. The molecule has 0 saturated carbocycles. The second kappa shape index (κ2) is 6.02. The van der Waals surface area contributed by atoms with Crippen LogP contribution in [0, 0.1) is 11.7 Å². The van der Waals surface area contributed by atoms with Gasteiger partial charge in [0.2, 0.25) is 0 Å². The summed E-state index contributed by atoms with van der Waals surface area (Å²) in [4.78, 5) is 12.1. The van der Waals surface area contributed by atoms with Gasteiger partial charge in [-0.05, 0) is 31.0 Å². The van der Waals surface area contributed by atoms with Gasteiger partial charge in [0.05, 0.1) is 12.6 Å². The fourth-order valence-corrected chi connectivity index (χ4v) is 1.57. The molecule has 0 aliphatic heterocycles. The van der Waals surface area contributed by atoms with Gasteiger partial charge in [0.1, 0.15) is 0 Å². The SMILES string of the molecule is COc1ccc(C(=O)NC(C)(CN)C(C)C)cc1F. The van der Waals surface area contributed by atoms with Gasteiger partial charge in [-0.2, -0.15) is 0 Å². The molecule has 0 aliphatic carbocycles. The maximum atomic E-state index is 13.6. The number of ether oxygens (including phenoxy) is 1. The molecule has 5 heteroatoms. The highest BCUT2D eigenvalue weighted by molar-refractivity contribution is 5.94. The number of carbonyl (C=O) groups is 1. The van der Waals surface area contributed by atoms with Gasteiger partial charge in [-0.1, -0.05) is 13.8 Å². The van der Waals surface area contributed by atoms with Crippen molar-refractivity contribution in [2.24, 2.45) is 11.7 Å². The van der Waals surface area contributed by atoms with E-state index in [-0.39, 0.29) is 23.1 Å². The van der Waals surface area contributed by atoms with Crippen LogP contribution in [0.2, 0.25) is 0 Å². The van der Waals surface area contributed by atoms with Crippen LogP contribution in [-0.2, 0) is 0 Å². The lowest BCUT2D eigenvalue weighted by Crippen LogP contribution is -2.55. The van der Waals surface area contributed by atoms with E-state index in [0.717, 1.165) is 6.07 Å². The average Bonchev–Trinajstić information content (AvgIpc) is 2.38. The number of nitrogens with two attached hydrogens (primary N) is 1. The number of hydrogen-bond donors (Lipinski definition) is 2. The van der Waals surface area contributed by atoms with Crippen LogP contribution in [0.5, 0.6) is 5.75 Å². The number of methoxy groups -OCH3 is 1. The molecule has 4 nitrogen and oxygen atoms in total. The Balaban J connectivity index is 2.92. The molecule has 1 aromatic rings. The first kappa shape index (κ1) is 15.4. The molecule has 106 valence electrons. The summed E-state index contributed by atoms with van der Waals surface area (Å²) in [7, 11) is 1.38. The van der Waals surface area contributed by atoms with Gasteiger partial charge in [-0.3, -0.25) is 4.79 Å². The highest BCUT2D eigenvalue weighted by Gasteiger charge is 2.29. The number of rotatable bonds is 5. The molecular weight excluding hydrogens is 247 g/mol. The third-order valence-corrected chi connectivity index (χ3v) is 3.51. The predicted octanol–water partition coefficient (Wildman–Crippen LogP) is 1.94. The van der Waals surface area contributed by atoms with Gasteiger partial charge in [0, 0.05) is 12.1 Å². The summed E-state index contributed by atoms with van der Waals surface area (Å²) in [5, 5.41) is 2.85. The van der Waals surface area contributed by atoms with Gasteiger partial charge in [0.15, 0.2) is 11.6 Å². The number of benzene rings is 1. The number of halogens is 1. The van der Waals surface area contributed by atoms with E-state index in [1.54, 1.807) is 0 Å². The largest absolute Gasteiger partial charge is 0.494 e. The van der Waals surface area contributed by atoms with E-state index in [2.05, 4.69) is 5.32 Å². The first-order valence-electron chi connectivity index (χ1n) is 6.20. The summed E-state index contributed by atoms with van der Waals surface area (Å²) in [6.45, 7) is 6.13. The van der Waals surface area contributed by atoms with Crippen molar-refractivity contribution in [2.75, 3.05) is 13.7 Å². The molecule has 1 atom stereocenters. The lowest BCUT2D eigenvalue weighted by molar-refractivity contribution is 0.0882. The molecular formula is C14H21FN2O2. The maximum Gasteiger partial charge on any atom is 0.251 e. The second-order valence-corrected chi connectivity index (χ2v) is 5.08. The van der Waals surface area contributed by atoms with Crippen LogP contribution in [0.15, 0.2) is 18.2 Å². The Hall–Kier alpha value is -1.62. The van der Waals surface area contributed by atoms with Gasteiger partial charge >= 0.3 is 0 Å². The summed E-state index contributed by atoms with van der Waals surface area (Å²) < 4.78 is 18.4. The minimum Gasteiger partial charge on any atom is -0.494 e. The molecule has 1 amide bonds. The van der Waals surface area contributed by atoms with Crippen molar-refractivity contribution in [1.82, 2.24) is 5.32 Å². The predicted molar refractivity (Wildman–Crippen MR) is 72.7 cm³/mol. The van der Waals surface area contributed by atoms with Crippen molar-refractivity contribution in [2.45, 2.75) is 26.3 Å². The van der Waals surface area contributed by atoms with E-state index in [4.69, 9.17) is 10.5 Å². The maximum absolute atomic E-state index is 13.6. The molecule has 0 bridgehead atoms. The fourth-order valence-electron chi connectivity index (χ4n) is 1.57. The average molecular weight is 268 g/mol. The van der Waals surface area contributed by atoms with Gasteiger partial charge < -0.3 is 15.8 Å². The summed E-state index contributed by atoms with van der Waals surface area (Å²) in [5.41, 5.74) is 5.43. The minimum atomic E-state index is -0.561. The number of amides is 1. The van der Waals surface area contributed by atoms with Gasteiger partial charge in [-0.25, -0.2) is 4.39 Å². The number of carbonyl (C=O) groups excluding carboxylic acids is 1. The Kier molecular flexibility index (Phi) is 4.89. The Morgan fingerprint density at radius 2 is 2.16 bits per heavy atom. The first-order chi connectivity index (χ1) is 8.84. The Morgan fingerprint density at radius 3 is 2.58 bits per heavy atom. The van der Waals surface area contributed by atoms with Gasteiger partial charge in [0.25, 0.3) is 5.91 Å². The van der Waals surface area contributed by atoms with E-state index < -0.39 is 11.4 Å². The molecule has 1 rings (SSSR count). The fraction of sp³-hybridized carbons (Fsp3) is 0.500. The number of nitrogens with one attached hydrogen (secondary N) is 1. The minimum absolute atomic E-state index is 0.113. The molecule has 0 radical (unpaired) electrons. The van der Waals surface area contributed by atoms with E-state index >= 15 is 0 Å². The third-order valence-electron chi connectivity index (χ3n) is 3.51. The van der Waals surface area contributed by atoms with Crippen molar-refractivity contribution in [3.8, 4) is 5.75 Å². The van der Waals surface area contributed by atoms with Gasteiger partial charge in [-0.15, -0.1) is 0 Å². The molecule has 1 aromatic carbocycles. The Bertz CT molecular complexity index is 463. The van der Waals surface area contributed by atoms with Crippen LogP contribution in [0.1, 0.15) is 31.1 Å². The first-order valence-corrected chi connectivity index (χ1v) is 6.20. The van der Waals surface area contributed by atoms with Crippen LogP contribution < -0.4 is 15.8 Å². The molecule has 0 aromatic heterocycles. The quantitative estimate of drug-likeness (QED) is 0.857. The van der Waals surface area contributed by atoms with Crippen molar-refractivity contribution in [1.29, 1.82) is 0 Å². The van der Waals surface area contributed by atoms with E-state index in [1.165, 1.54) is 19.2 Å². The van der Waals surface area contributed by atoms with E-state index in [1.807, 2.05) is 20.8 Å². The number of hydrogen-bond acceptors (Lipinski definition) is 3. The lowest BCUT2D eigenvalue weighted by Gasteiger charge is -2.33. The van der Waals surface area contributed by atoms with Crippen molar-refractivity contribution >= 4 is 5.91 Å². The van der Waals surface area contributed by atoms with Crippen LogP contribution in [0.4, 0.5) is 4.39 Å². The molecule has 0 fully saturated rings. The monoisotopic (exact) mass is 268 g/mol. The Labute approximate surface area is 113 Å². The van der Waals surface area contributed by atoms with E-state index in [0.29, 0.717) is 6.54 Å². The summed E-state index contributed by atoms with van der Waals surface area (Å²) in [6, 6.07) is 4.11. The molecule has 3 N–H and O–H groups in total. The topological polar surface area (TPSA) is 64.3 Å². The van der Waals surface area contributed by atoms with Crippen molar-refractivity contribution < 1.29 is 13.9 Å². The molecule has 0 heterocycles. The highest BCUT2D eigenvalue weighted by atomic mass is 19.1. The standard InChI is InChI=1S/C14H21FN2O2/c1-9(2)14(3,8-16)17-13(18)10-5-6-12(19-4)11(15)7-10/h5-7,9H,8,16H2,1-4H3,(H,17,18). The Morgan fingerprint density at radius 1 is 1.53 bits per heavy atom. The zero-order valence-corrected chi connectivity index (χ0v) is 11.8. The third kappa shape index (κ3) is 3.44. The summed E-state index contributed by atoms with van der Waals surface area (Å²) in [5.74, 6) is -0.621. The zero-order chi connectivity index (χ0) is 14.6. The summed E-state index contributed by atoms with van der Waals surface area (Å²) in [6.07, 6.45) is 0.